The van der Waals surface area contributed by atoms with Crippen LogP contribution in [0.1, 0.15) is 43.7 Å². The molecule has 32 heavy (non-hydrogen) atoms. The highest BCUT2D eigenvalue weighted by atomic mass is 19.4. The van der Waals surface area contributed by atoms with Crippen molar-refractivity contribution in [2.45, 2.75) is 38.8 Å². The maximum absolute atomic E-state index is 14.3. The molecule has 0 heterocycles. The average molecular weight is 436 g/mol. The molecule has 0 amide bonds. The number of alkyl halides is 3. The second-order valence-corrected chi connectivity index (χ2v) is 8.34. The Morgan fingerprint density at radius 2 is 1.56 bits per heavy atom. The minimum absolute atomic E-state index is 0.0322. The fourth-order valence-electron chi connectivity index (χ4n) is 4.35. The molecule has 0 bridgehead atoms. The first-order valence-corrected chi connectivity index (χ1v) is 10.9. The highest BCUT2D eigenvalue weighted by Gasteiger charge is 2.34. The van der Waals surface area contributed by atoms with Crippen molar-refractivity contribution in [3.8, 4) is 23.0 Å². The highest BCUT2D eigenvalue weighted by molar-refractivity contribution is 5.88. The molecule has 0 N–H and O–H groups in total. The zero-order valence-corrected chi connectivity index (χ0v) is 17.8. The lowest BCUT2D eigenvalue weighted by Crippen LogP contribution is -2.11. The van der Waals surface area contributed by atoms with E-state index in [4.69, 9.17) is 0 Å². The van der Waals surface area contributed by atoms with Gasteiger partial charge in [-0.05, 0) is 79.3 Å². The Balaban J connectivity index is 1.50. The van der Waals surface area contributed by atoms with Gasteiger partial charge in [-0.25, -0.2) is 4.39 Å². The Bertz CT molecular complexity index is 1180. The molecule has 1 aliphatic rings. The Kier molecular flexibility index (Phi) is 6.37. The molecule has 0 radical (unpaired) electrons. The van der Waals surface area contributed by atoms with Gasteiger partial charge in [0.15, 0.2) is 0 Å². The largest absolute Gasteiger partial charge is 0.419 e. The molecule has 1 saturated carbocycles. The first-order chi connectivity index (χ1) is 15.3. The smallest absolute Gasteiger partial charge is 0.206 e. The summed E-state index contributed by atoms with van der Waals surface area (Å²) in [6.45, 7) is 2.06. The molecule has 0 aliphatic heterocycles. The quantitative estimate of drug-likeness (QED) is 0.215. The van der Waals surface area contributed by atoms with Crippen LogP contribution in [0.15, 0.2) is 66.7 Å². The standard InChI is InChI=1S/C28H24F4/c1-2-3-19-4-6-20(7-5-19)8-9-21-10-12-22(13-11-21)23-14-16-25-24(18-23)15-17-26(27(25)29)28(30,31)32/h2-3,10-20H,4-7H2,1H3/b3-2+. The van der Waals surface area contributed by atoms with Crippen molar-refractivity contribution in [3.63, 3.8) is 0 Å². The average Bonchev–Trinajstić information content (AvgIpc) is 2.78. The first-order valence-electron chi connectivity index (χ1n) is 10.9. The maximum Gasteiger partial charge on any atom is 0.419 e. The molecule has 0 saturated heterocycles. The van der Waals surface area contributed by atoms with Crippen molar-refractivity contribution >= 4 is 10.8 Å². The SMILES string of the molecule is C/C=C/C1CCC(C#Cc2ccc(-c3ccc4c(F)c(C(F)(F)F)ccc4c3)cc2)CC1. The van der Waals surface area contributed by atoms with Crippen LogP contribution in [-0.2, 0) is 6.18 Å². The number of allylic oxidation sites excluding steroid dienone is 2. The molecule has 164 valence electrons. The van der Waals surface area contributed by atoms with Gasteiger partial charge in [-0.15, -0.1) is 0 Å². The fraction of sp³-hybridized carbons (Fsp3) is 0.286. The predicted molar refractivity (Wildman–Crippen MR) is 121 cm³/mol. The number of hydrogen-bond acceptors (Lipinski definition) is 0. The van der Waals surface area contributed by atoms with Crippen LogP contribution >= 0.6 is 0 Å². The van der Waals surface area contributed by atoms with Crippen LogP contribution in [0.25, 0.3) is 21.9 Å². The van der Waals surface area contributed by atoms with E-state index >= 15 is 0 Å². The van der Waals surface area contributed by atoms with E-state index in [2.05, 4.69) is 30.9 Å². The van der Waals surface area contributed by atoms with Crippen LogP contribution in [0.3, 0.4) is 0 Å². The molecule has 0 unspecified atom stereocenters. The third-order valence-corrected chi connectivity index (χ3v) is 6.13. The monoisotopic (exact) mass is 436 g/mol. The van der Waals surface area contributed by atoms with Crippen LogP contribution in [-0.4, -0.2) is 0 Å². The summed E-state index contributed by atoms with van der Waals surface area (Å²) in [7, 11) is 0. The molecule has 0 atom stereocenters. The van der Waals surface area contributed by atoms with Crippen molar-refractivity contribution in [3.05, 3.63) is 83.7 Å². The van der Waals surface area contributed by atoms with E-state index in [0.29, 0.717) is 17.2 Å². The summed E-state index contributed by atoms with van der Waals surface area (Å²) < 4.78 is 53.1. The Morgan fingerprint density at radius 3 is 2.22 bits per heavy atom. The lowest BCUT2D eigenvalue weighted by Gasteiger charge is -2.22. The van der Waals surface area contributed by atoms with E-state index in [-0.39, 0.29) is 5.39 Å². The Hall–Kier alpha value is -3.06. The van der Waals surface area contributed by atoms with E-state index in [0.717, 1.165) is 35.6 Å². The molecule has 3 aromatic carbocycles. The Labute approximate surface area is 186 Å². The summed E-state index contributed by atoms with van der Waals surface area (Å²) in [6, 6.07) is 14.7. The second kappa shape index (κ2) is 9.20. The third kappa shape index (κ3) is 4.88. The number of hydrogen-bond donors (Lipinski definition) is 0. The number of halogens is 4. The van der Waals surface area contributed by atoms with E-state index < -0.39 is 17.6 Å². The first kappa shape index (κ1) is 22.1. The zero-order valence-electron chi connectivity index (χ0n) is 17.8. The minimum Gasteiger partial charge on any atom is -0.206 e. The number of fused-ring (bicyclic) bond motifs is 1. The van der Waals surface area contributed by atoms with E-state index in [1.807, 2.05) is 24.3 Å². The van der Waals surface area contributed by atoms with E-state index in [1.165, 1.54) is 25.0 Å². The van der Waals surface area contributed by atoms with Crippen LogP contribution in [0, 0.1) is 29.5 Å². The molecule has 0 aromatic heterocycles. The molecule has 1 aliphatic carbocycles. The van der Waals surface area contributed by atoms with Gasteiger partial charge in [-0.3, -0.25) is 0 Å². The predicted octanol–water partition coefficient (Wildman–Crippen LogP) is 8.40. The molecular weight excluding hydrogens is 412 g/mol. The van der Waals surface area contributed by atoms with Gasteiger partial charge in [0.05, 0.1) is 5.56 Å². The molecule has 4 heteroatoms. The molecular formula is C28H24F4. The zero-order chi connectivity index (χ0) is 22.7. The van der Waals surface area contributed by atoms with Crippen molar-refractivity contribution in [1.29, 1.82) is 0 Å². The molecule has 3 aromatic rings. The molecule has 0 nitrogen and oxygen atoms in total. The topological polar surface area (TPSA) is 0 Å². The van der Waals surface area contributed by atoms with Gasteiger partial charge in [0.25, 0.3) is 0 Å². The van der Waals surface area contributed by atoms with Gasteiger partial charge in [-0.1, -0.05) is 54.3 Å². The summed E-state index contributed by atoms with van der Waals surface area (Å²) in [6.07, 6.45) is 4.35. The van der Waals surface area contributed by atoms with Gasteiger partial charge in [0.1, 0.15) is 5.82 Å². The van der Waals surface area contributed by atoms with Gasteiger partial charge in [-0.2, -0.15) is 13.2 Å². The fourth-order valence-corrected chi connectivity index (χ4v) is 4.35. The molecule has 0 spiro atoms. The summed E-state index contributed by atoms with van der Waals surface area (Å²) in [5.41, 5.74) is 1.42. The van der Waals surface area contributed by atoms with Gasteiger partial charge < -0.3 is 0 Å². The molecule has 1 fully saturated rings. The number of rotatable bonds is 2. The summed E-state index contributed by atoms with van der Waals surface area (Å²) in [4.78, 5) is 0. The summed E-state index contributed by atoms with van der Waals surface area (Å²) in [5, 5.41) is 0.403. The highest BCUT2D eigenvalue weighted by Crippen LogP contribution is 2.35. The van der Waals surface area contributed by atoms with Crippen molar-refractivity contribution in [1.82, 2.24) is 0 Å². The van der Waals surface area contributed by atoms with Crippen LogP contribution in [0.4, 0.5) is 17.6 Å². The minimum atomic E-state index is -4.71. The van der Waals surface area contributed by atoms with Crippen LogP contribution in [0.5, 0.6) is 0 Å². The van der Waals surface area contributed by atoms with Crippen molar-refractivity contribution in [2.75, 3.05) is 0 Å². The van der Waals surface area contributed by atoms with Crippen LogP contribution in [0.2, 0.25) is 0 Å². The van der Waals surface area contributed by atoms with Crippen LogP contribution < -0.4 is 0 Å². The van der Waals surface area contributed by atoms with Gasteiger partial charge in [0, 0.05) is 16.9 Å². The summed E-state index contributed by atoms with van der Waals surface area (Å²) >= 11 is 0. The molecule has 4 rings (SSSR count). The van der Waals surface area contributed by atoms with Gasteiger partial charge >= 0.3 is 6.18 Å². The lowest BCUT2D eigenvalue weighted by molar-refractivity contribution is -0.139. The number of benzene rings is 3. The van der Waals surface area contributed by atoms with E-state index in [9.17, 15) is 17.6 Å². The van der Waals surface area contributed by atoms with Crippen molar-refractivity contribution < 1.29 is 17.6 Å². The summed E-state index contributed by atoms with van der Waals surface area (Å²) in [5.74, 6) is 6.57. The van der Waals surface area contributed by atoms with Crippen molar-refractivity contribution in [2.24, 2.45) is 11.8 Å². The lowest BCUT2D eigenvalue weighted by atomic mass is 9.82. The maximum atomic E-state index is 14.3. The Morgan fingerprint density at radius 1 is 0.875 bits per heavy atom. The van der Waals surface area contributed by atoms with Gasteiger partial charge in [0.2, 0.25) is 0 Å². The van der Waals surface area contributed by atoms with E-state index in [1.54, 1.807) is 12.1 Å². The third-order valence-electron chi connectivity index (χ3n) is 6.13. The normalized spacial score (nSPS) is 19.2. The second-order valence-electron chi connectivity index (χ2n) is 8.34.